The molecular weight excluding hydrogens is 225 g/mol. The van der Waals surface area contributed by atoms with Crippen LogP contribution in [0.4, 0.5) is 0 Å². The van der Waals surface area contributed by atoms with Gasteiger partial charge in [0.05, 0.1) is 5.09 Å². The quantitative estimate of drug-likeness (QED) is 0.336. The van der Waals surface area contributed by atoms with Crippen LogP contribution in [0.1, 0.15) is 0 Å². The predicted molar refractivity (Wildman–Crippen MR) is 17.6 cm³/mol. The molecule has 0 atom stereocenters. The van der Waals surface area contributed by atoms with Crippen molar-refractivity contribution in [3.63, 3.8) is 0 Å². The van der Waals surface area contributed by atoms with Gasteiger partial charge in [-0.25, -0.2) is 0 Å². The van der Waals surface area contributed by atoms with Crippen LogP contribution in [0.2, 0.25) is 0 Å². The van der Waals surface area contributed by atoms with E-state index in [1.54, 1.807) is 0 Å². The van der Waals surface area contributed by atoms with Gasteiger partial charge in [0.15, 0.2) is 0 Å². The van der Waals surface area contributed by atoms with E-state index in [1.807, 2.05) is 0 Å². The Morgan fingerprint density at radius 3 is 1.14 bits per heavy atom. The molecule has 2 radical (unpaired) electrons. The first kappa shape index (κ1) is 25.8. The molecule has 0 spiro atoms. The molecule has 0 saturated heterocycles. The fourth-order valence-electron chi connectivity index (χ4n) is 0. The second kappa shape index (κ2) is 16.0. The smallest absolute Gasteiger partial charge is 0.0689 e. The molecule has 0 fully saturated rings. The Morgan fingerprint density at radius 2 is 1.14 bits per heavy atom. The minimum atomic E-state index is -1.75. The zero-order valence-electron chi connectivity index (χ0n) is 2.68. The molecule has 0 aliphatic carbocycles. The van der Waals surface area contributed by atoms with Crippen LogP contribution >= 0.6 is 12.4 Å². The molecule has 7 heavy (non-hydrogen) atoms. The summed E-state index contributed by atoms with van der Waals surface area (Å²) in [4.78, 5) is 8.25. The molecule has 0 aromatic heterocycles. The summed E-state index contributed by atoms with van der Waals surface area (Å²) in [6.45, 7) is 0. The van der Waals surface area contributed by atoms with E-state index in [1.165, 1.54) is 0 Å². The Morgan fingerprint density at radius 1 is 1.14 bits per heavy atom. The van der Waals surface area contributed by atoms with Gasteiger partial charge in [0.25, 0.3) is 0 Å². The maximum Gasteiger partial charge on any atom is 0.0689 e. The van der Waals surface area contributed by atoms with Crippen molar-refractivity contribution in [1.29, 1.82) is 0 Å². The normalized spacial score (nSPS) is 3.43. The van der Waals surface area contributed by atoms with E-state index in [2.05, 4.69) is 0 Å². The summed E-state index contributed by atoms with van der Waals surface area (Å²) in [5.74, 6) is 0. The van der Waals surface area contributed by atoms with Crippen molar-refractivity contribution < 1.29 is 39.2 Å². The van der Waals surface area contributed by atoms with Gasteiger partial charge in [-0.05, 0) is 0 Å². The number of halogens is 1. The van der Waals surface area contributed by atoms with Gasteiger partial charge in [0, 0.05) is 34.1 Å². The van der Waals surface area contributed by atoms with E-state index in [-0.39, 0.29) is 46.5 Å². The van der Waals surface area contributed by atoms with Crippen LogP contribution in [0.5, 0.6) is 0 Å². The molecule has 0 aromatic carbocycles. The van der Waals surface area contributed by atoms with Gasteiger partial charge in [-0.3, -0.25) is 0 Å². The second-order valence-corrected chi connectivity index (χ2v) is 0.224. The molecule has 0 aliphatic heterocycles. The summed E-state index contributed by atoms with van der Waals surface area (Å²) in [6, 6.07) is 0. The third-order valence-corrected chi connectivity index (χ3v) is 0. The van der Waals surface area contributed by atoms with Crippen LogP contribution in [0.3, 0.4) is 0 Å². The predicted octanol–water partition coefficient (Wildman–Crippen LogP) is 0.178. The molecule has 0 unspecified atom stereocenters. The maximum absolute atomic E-state index is 8.25. The monoisotopic (exact) mass is 224 g/mol. The summed E-state index contributed by atoms with van der Waals surface area (Å²) in [5.41, 5.74) is 0. The topological polar surface area (TPSA) is 66.2 Å². The van der Waals surface area contributed by atoms with Crippen molar-refractivity contribution in [2.75, 3.05) is 0 Å². The first-order valence-electron chi connectivity index (χ1n) is 0.548. The van der Waals surface area contributed by atoms with Crippen molar-refractivity contribution in [3.8, 4) is 0 Å². The van der Waals surface area contributed by atoms with Gasteiger partial charge >= 0.3 is 0 Å². The molecule has 7 heteroatoms. The number of hydrogen-bond acceptors (Lipinski definition) is 3. The maximum atomic E-state index is 8.25. The zero-order chi connectivity index (χ0) is 3.58. The van der Waals surface area contributed by atoms with Gasteiger partial charge in [-0.15, -0.1) is 12.4 Å². The standard InChI is InChI=1S/ClH.2Cu.NO3/c;;;2-1(3)4/h1H;;;/q;;;-1. The minimum Gasteiger partial charge on any atom is -0.356 e. The van der Waals surface area contributed by atoms with E-state index < -0.39 is 5.09 Å². The van der Waals surface area contributed by atoms with Crippen molar-refractivity contribution in [1.82, 2.24) is 0 Å². The first-order chi connectivity index (χ1) is 1.73. The Labute approximate surface area is 67.1 Å². The molecule has 0 saturated carbocycles. The van der Waals surface area contributed by atoms with E-state index >= 15 is 0 Å². The molecule has 0 heterocycles. The van der Waals surface area contributed by atoms with E-state index in [0.29, 0.717) is 0 Å². The Kier molecular flexibility index (Phi) is 59.0. The summed E-state index contributed by atoms with van der Waals surface area (Å²) in [6.07, 6.45) is 0. The number of rotatable bonds is 0. The third-order valence-electron chi connectivity index (χ3n) is 0. The fourth-order valence-corrected chi connectivity index (χ4v) is 0. The summed E-state index contributed by atoms with van der Waals surface area (Å²) in [5, 5.41) is 14.8. The molecular formula is HClCu2NO3-. The average molecular weight is 226 g/mol. The Bertz CT molecular complexity index is 35.9. The van der Waals surface area contributed by atoms with Gasteiger partial charge in [0.2, 0.25) is 0 Å². The molecule has 4 nitrogen and oxygen atoms in total. The van der Waals surface area contributed by atoms with E-state index in [0.717, 1.165) is 0 Å². The number of nitrogens with zero attached hydrogens (tertiary/aromatic N) is 1. The first-order valence-corrected chi connectivity index (χ1v) is 0.548. The van der Waals surface area contributed by atoms with Gasteiger partial charge in [-0.2, -0.15) is 0 Å². The van der Waals surface area contributed by atoms with E-state index in [9.17, 15) is 0 Å². The van der Waals surface area contributed by atoms with Gasteiger partial charge in [-0.1, -0.05) is 0 Å². The van der Waals surface area contributed by atoms with Crippen molar-refractivity contribution in [2.24, 2.45) is 0 Å². The van der Waals surface area contributed by atoms with Gasteiger partial charge < -0.3 is 15.3 Å². The van der Waals surface area contributed by atoms with E-state index in [4.69, 9.17) is 15.3 Å². The minimum absolute atomic E-state index is 0. The molecule has 0 amide bonds. The summed E-state index contributed by atoms with van der Waals surface area (Å²) >= 11 is 0. The molecule has 0 rings (SSSR count). The van der Waals surface area contributed by atoms with Crippen molar-refractivity contribution >= 4 is 12.4 Å². The SMILES string of the molecule is Cl.O=[N+]([O-])[O-].[Cu].[Cu]. The zero-order valence-corrected chi connectivity index (χ0v) is 5.38. The fraction of sp³-hybridized carbons (Fsp3) is 0. The van der Waals surface area contributed by atoms with Crippen LogP contribution in [0, 0.1) is 15.3 Å². The van der Waals surface area contributed by atoms with Crippen LogP contribution in [-0.4, -0.2) is 5.09 Å². The molecule has 0 bridgehead atoms. The van der Waals surface area contributed by atoms with Crippen LogP contribution in [-0.2, 0) is 34.1 Å². The van der Waals surface area contributed by atoms with Gasteiger partial charge in [0.1, 0.15) is 0 Å². The van der Waals surface area contributed by atoms with Crippen LogP contribution in [0.15, 0.2) is 0 Å². The summed E-state index contributed by atoms with van der Waals surface area (Å²) in [7, 11) is 0. The van der Waals surface area contributed by atoms with Crippen molar-refractivity contribution in [2.45, 2.75) is 0 Å². The number of hydrogen-bond donors (Lipinski definition) is 0. The molecule has 54 valence electrons. The van der Waals surface area contributed by atoms with Crippen molar-refractivity contribution in [3.05, 3.63) is 15.3 Å². The molecule has 0 aromatic rings. The van der Waals surface area contributed by atoms with Crippen LogP contribution in [0.25, 0.3) is 0 Å². The average Bonchev–Trinajstić information content (AvgIpc) is 0.811. The third kappa shape index (κ3) is 479. The summed E-state index contributed by atoms with van der Waals surface area (Å²) < 4.78 is 0. The largest absolute Gasteiger partial charge is 0.356 e. The Balaban J connectivity index is -0.0000000150. The van der Waals surface area contributed by atoms with Crippen LogP contribution < -0.4 is 0 Å². The molecule has 0 N–H and O–H groups in total. The second-order valence-electron chi connectivity index (χ2n) is 0.224. The Hall–Kier alpha value is 0.529. The molecule has 0 aliphatic rings.